The maximum Gasteiger partial charge on any atom is 0.161 e. The molecule has 94 valence electrons. The fourth-order valence-electron chi connectivity index (χ4n) is 1.83. The predicted octanol–water partition coefficient (Wildman–Crippen LogP) is -0.101. The van der Waals surface area contributed by atoms with Gasteiger partial charge in [0.25, 0.3) is 0 Å². The summed E-state index contributed by atoms with van der Waals surface area (Å²) in [5, 5.41) is 21.7. The molecular weight excluding hydrogens is 222 g/mol. The van der Waals surface area contributed by atoms with Gasteiger partial charge in [0.1, 0.15) is 12.2 Å². The second-order valence-electron chi connectivity index (χ2n) is 4.03. The number of aliphatic hydroxyl groups excluding tert-OH is 2. The van der Waals surface area contributed by atoms with Crippen LogP contribution in [0.5, 0.6) is 11.5 Å². The van der Waals surface area contributed by atoms with Gasteiger partial charge in [-0.3, -0.25) is 0 Å². The van der Waals surface area contributed by atoms with E-state index in [0.29, 0.717) is 24.6 Å². The summed E-state index contributed by atoms with van der Waals surface area (Å²) in [6, 6.07) is 5.24. The average Bonchev–Trinajstić information content (AvgIpc) is 2.75. The summed E-state index contributed by atoms with van der Waals surface area (Å²) in [7, 11) is 1.55. The number of β-amino-alcohol motifs (C(OH)–C–C–N with tert-alkyl or cyclic N) is 1. The van der Waals surface area contributed by atoms with E-state index in [1.165, 1.54) is 0 Å². The largest absolute Gasteiger partial charge is 0.493 e. The summed E-state index contributed by atoms with van der Waals surface area (Å²) in [5.74, 6) is 1.15. The highest BCUT2D eigenvalue weighted by Gasteiger charge is 2.27. The molecule has 1 aromatic carbocycles. The summed E-state index contributed by atoms with van der Waals surface area (Å²) in [6.45, 7) is 1.12. The van der Waals surface area contributed by atoms with E-state index in [1.54, 1.807) is 25.3 Å². The number of benzene rings is 1. The Labute approximate surface area is 100.0 Å². The molecule has 0 saturated carbocycles. The SMILES string of the molecule is COc1cc(CO)ccc1OC1CNCC1O. The van der Waals surface area contributed by atoms with E-state index in [4.69, 9.17) is 14.6 Å². The standard InChI is InChI=1S/C12H17NO4/c1-16-11-4-8(7-14)2-3-10(11)17-12-6-13-5-9(12)15/h2-4,9,12-15H,5-7H2,1H3. The minimum absolute atomic E-state index is 0.0375. The maximum atomic E-state index is 9.65. The van der Waals surface area contributed by atoms with Crippen LogP contribution in [0.2, 0.25) is 0 Å². The molecule has 1 saturated heterocycles. The van der Waals surface area contributed by atoms with Crippen molar-refractivity contribution in [3.05, 3.63) is 23.8 Å². The zero-order chi connectivity index (χ0) is 12.3. The Morgan fingerprint density at radius 1 is 1.35 bits per heavy atom. The van der Waals surface area contributed by atoms with Crippen molar-refractivity contribution in [3.63, 3.8) is 0 Å². The van der Waals surface area contributed by atoms with Crippen molar-refractivity contribution in [1.82, 2.24) is 5.32 Å². The van der Waals surface area contributed by atoms with E-state index in [1.807, 2.05) is 0 Å². The van der Waals surface area contributed by atoms with Crippen LogP contribution in [0.3, 0.4) is 0 Å². The van der Waals surface area contributed by atoms with Crippen molar-refractivity contribution in [2.75, 3.05) is 20.2 Å². The molecule has 1 fully saturated rings. The van der Waals surface area contributed by atoms with Gasteiger partial charge in [0, 0.05) is 13.1 Å². The van der Waals surface area contributed by atoms with E-state index >= 15 is 0 Å². The molecule has 3 N–H and O–H groups in total. The van der Waals surface area contributed by atoms with Crippen molar-refractivity contribution in [2.45, 2.75) is 18.8 Å². The number of hydrogen-bond donors (Lipinski definition) is 3. The molecule has 5 nitrogen and oxygen atoms in total. The zero-order valence-corrected chi connectivity index (χ0v) is 9.72. The van der Waals surface area contributed by atoms with Crippen molar-refractivity contribution in [1.29, 1.82) is 0 Å². The highest BCUT2D eigenvalue weighted by Crippen LogP contribution is 2.29. The lowest BCUT2D eigenvalue weighted by molar-refractivity contribution is 0.0717. The van der Waals surface area contributed by atoms with Gasteiger partial charge in [-0.2, -0.15) is 0 Å². The smallest absolute Gasteiger partial charge is 0.161 e. The maximum absolute atomic E-state index is 9.65. The Morgan fingerprint density at radius 3 is 2.76 bits per heavy atom. The third-order valence-corrected chi connectivity index (χ3v) is 2.82. The molecule has 2 unspecified atom stereocenters. The van der Waals surface area contributed by atoms with Gasteiger partial charge in [0.05, 0.1) is 13.7 Å². The highest BCUT2D eigenvalue weighted by molar-refractivity contribution is 5.43. The second kappa shape index (κ2) is 5.35. The molecule has 0 radical (unpaired) electrons. The molecule has 1 aliphatic heterocycles. The van der Waals surface area contributed by atoms with Crippen LogP contribution in [0, 0.1) is 0 Å². The summed E-state index contributed by atoms with van der Waals surface area (Å²) in [4.78, 5) is 0. The summed E-state index contributed by atoms with van der Waals surface area (Å²) < 4.78 is 10.9. The summed E-state index contributed by atoms with van der Waals surface area (Å²) in [6.07, 6.45) is -0.763. The van der Waals surface area contributed by atoms with E-state index in [2.05, 4.69) is 5.32 Å². The van der Waals surface area contributed by atoms with Crippen molar-refractivity contribution >= 4 is 0 Å². The lowest BCUT2D eigenvalue weighted by Crippen LogP contribution is -2.29. The quantitative estimate of drug-likeness (QED) is 0.684. The van der Waals surface area contributed by atoms with E-state index in [9.17, 15) is 5.11 Å². The van der Waals surface area contributed by atoms with Crippen LogP contribution in [-0.4, -0.2) is 42.6 Å². The first kappa shape index (κ1) is 12.2. The molecule has 1 aliphatic rings. The predicted molar refractivity (Wildman–Crippen MR) is 62.2 cm³/mol. The highest BCUT2D eigenvalue weighted by atomic mass is 16.5. The van der Waals surface area contributed by atoms with Gasteiger partial charge in [-0.1, -0.05) is 6.07 Å². The first-order valence-corrected chi connectivity index (χ1v) is 5.58. The van der Waals surface area contributed by atoms with E-state index in [0.717, 1.165) is 5.56 Å². The first-order valence-electron chi connectivity index (χ1n) is 5.58. The third kappa shape index (κ3) is 2.69. The molecule has 0 amide bonds. The van der Waals surface area contributed by atoms with Gasteiger partial charge in [-0.15, -0.1) is 0 Å². The zero-order valence-electron chi connectivity index (χ0n) is 9.72. The van der Waals surface area contributed by atoms with Gasteiger partial charge in [0.15, 0.2) is 11.5 Å². The second-order valence-corrected chi connectivity index (χ2v) is 4.03. The van der Waals surface area contributed by atoms with Gasteiger partial charge in [-0.05, 0) is 17.7 Å². The number of methoxy groups -OCH3 is 1. The van der Waals surface area contributed by atoms with Crippen molar-refractivity contribution in [3.8, 4) is 11.5 Å². The molecule has 2 rings (SSSR count). The molecule has 5 heteroatoms. The Morgan fingerprint density at radius 2 is 2.18 bits per heavy atom. The van der Waals surface area contributed by atoms with Crippen LogP contribution >= 0.6 is 0 Å². The normalized spacial score (nSPS) is 23.7. The van der Waals surface area contributed by atoms with Gasteiger partial charge >= 0.3 is 0 Å². The lowest BCUT2D eigenvalue weighted by atomic mass is 10.2. The van der Waals surface area contributed by atoms with Crippen LogP contribution in [0.4, 0.5) is 0 Å². The Bertz CT molecular complexity index is 383. The summed E-state index contributed by atoms with van der Waals surface area (Å²) >= 11 is 0. The fraction of sp³-hybridized carbons (Fsp3) is 0.500. The van der Waals surface area contributed by atoms with Crippen LogP contribution in [0.25, 0.3) is 0 Å². The number of aliphatic hydroxyl groups is 2. The van der Waals surface area contributed by atoms with Crippen LogP contribution < -0.4 is 14.8 Å². The lowest BCUT2D eigenvalue weighted by Gasteiger charge is -2.18. The van der Waals surface area contributed by atoms with Crippen molar-refractivity contribution < 1.29 is 19.7 Å². The molecule has 0 spiro atoms. The molecule has 1 aromatic rings. The van der Waals surface area contributed by atoms with Crippen LogP contribution in [0.1, 0.15) is 5.56 Å². The third-order valence-electron chi connectivity index (χ3n) is 2.82. The monoisotopic (exact) mass is 239 g/mol. The molecular formula is C12H17NO4. The first-order chi connectivity index (χ1) is 8.24. The molecule has 1 heterocycles. The molecule has 17 heavy (non-hydrogen) atoms. The molecule has 2 atom stereocenters. The number of nitrogens with one attached hydrogen (secondary N) is 1. The van der Waals surface area contributed by atoms with E-state index in [-0.39, 0.29) is 12.7 Å². The van der Waals surface area contributed by atoms with Gasteiger partial charge < -0.3 is 25.0 Å². The average molecular weight is 239 g/mol. The van der Waals surface area contributed by atoms with Crippen LogP contribution in [-0.2, 0) is 6.61 Å². The van der Waals surface area contributed by atoms with Crippen LogP contribution in [0.15, 0.2) is 18.2 Å². The van der Waals surface area contributed by atoms with E-state index < -0.39 is 6.10 Å². The number of hydrogen-bond acceptors (Lipinski definition) is 5. The molecule has 0 aromatic heterocycles. The summed E-state index contributed by atoms with van der Waals surface area (Å²) in [5.41, 5.74) is 0.763. The minimum Gasteiger partial charge on any atom is -0.493 e. The Kier molecular flexibility index (Phi) is 3.83. The van der Waals surface area contributed by atoms with Gasteiger partial charge in [-0.25, -0.2) is 0 Å². The van der Waals surface area contributed by atoms with Crippen molar-refractivity contribution in [2.24, 2.45) is 0 Å². The minimum atomic E-state index is -0.503. The number of rotatable bonds is 4. The molecule has 0 aliphatic carbocycles. The number of ether oxygens (including phenoxy) is 2. The molecule has 0 bridgehead atoms. The Balaban J connectivity index is 2.14. The van der Waals surface area contributed by atoms with Gasteiger partial charge in [0.2, 0.25) is 0 Å². The Hall–Kier alpha value is -1.30. The fourth-order valence-corrected chi connectivity index (χ4v) is 1.83. The topological polar surface area (TPSA) is 71.0 Å².